The van der Waals surface area contributed by atoms with Crippen molar-refractivity contribution in [3.8, 4) is 0 Å². The van der Waals surface area contributed by atoms with E-state index in [1.807, 2.05) is 0 Å². The smallest absolute Gasteiger partial charge is 0.241 e. The number of nitrogens with zero attached hydrogens (tertiary/aromatic N) is 1. The van der Waals surface area contributed by atoms with E-state index in [0.717, 1.165) is 6.42 Å². The molecular weight excluding hydrogens is 224 g/mol. The molecule has 18 heavy (non-hydrogen) atoms. The number of rotatable bonds is 3. The molecule has 0 spiro atoms. The predicted molar refractivity (Wildman–Crippen MR) is 74.1 cm³/mol. The van der Waals surface area contributed by atoms with Crippen LogP contribution in [0.2, 0.25) is 0 Å². The third-order valence-electron chi connectivity index (χ3n) is 5.00. The first-order valence-electron chi connectivity index (χ1n) is 7.64. The zero-order valence-corrected chi connectivity index (χ0v) is 12.3. The largest absolute Gasteiger partial charge is 0.323 e. The highest BCUT2D eigenvalue weighted by molar-refractivity contribution is 5.85. The molecule has 0 aromatic heterocycles. The fourth-order valence-electron chi connectivity index (χ4n) is 3.57. The van der Waals surface area contributed by atoms with E-state index in [1.165, 1.54) is 25.7 Å². The molecule has 2 rings (SSSR count). The maximum absolute atomic E-state index is 12.6. The lowest BCUT2D eigenvalue weighted by Gasteiger charge is -2.38. The van der Waals surface area contributed by atoms with E-state index in [-0.39, 0.29) is 12.2 Å². The Bertz CT molecular complexity index is 305. The van der Waals surface area contributed by atoms with Crippen molar-refractivity contribution in [2.45, 2.75) is 78.0 Å². The normalized spacial score (nSPS) is 39.1. The molecule has 1 aliphatic heterocycles. The molecule has 2 aliphatic rings. The number of hydrogen-bond donors (Lipinski definition) is 1. The zero-order valence-electron chi connectivity index (χ0n) is 12.3. The summed E-state index contributed by atoms with van der Waals surface area (Å²) < 4.78 is 0. The summed E-state index contributed by atoms with van der Waals surface area (Å²) in [5.74, 6) is 1.43. The number of hydrogen-bond acceptors (Lipinski definition) is 2. The molecule has 1 aliphatic carbocycles. The Morgan fingerprint density at radius 2 is 2.00 bits per heavy atom. The van der Waals surface area contributed by atoms with E-state index in [0.29, 0.717) is 23.8 Å². The number of carbonyl (C=O) groups excluding carboxylic acids is 1. The highest BCUT2D eigenvalue weighted by atomic mass is 16.2. The maximum atomic E-state index is 12.6. The van der Waals surface area contributed by atoms with Crippen LogP contribution < -0.4 is 5.32 Å². The molecule has 3 heteroatoms. The molecule has 0 bridgehead atoms. The minimum absolute atomic E-state index is 0.0409. The molecule has 1 saturated heterocycles. The van der Waals surface area contributed by atoms with Gasteiger partial charge in [-0.15, -0.1) is 0 Å². The van der Waals surface area contributed by atoms with Gasteiger partial charge in [-0.2, -0.15) is 0 Å². The predicted octanol–water partition coefficient (Wildman–Crippen LogP) is 2.76. The molecule has 104 valence electrons. The van der Waals surface area contributed by atoms with Gasteiger partial charge in [0.2, 0.25) is 5.91 Å². The molecule has 1 saturated carbocycles. The van der Waals surface area contributed by atoms with Crippen LogP contribution >= 0.6 is 0 Å². The van der Waals surface area contributed by atoms with Crippen LogP contribution in [-0.4, -0.2) is 29.1 Å². The third-order valence-corrected chi connectivity index (χ3v) is 5.00. The second-order valence-corrected chi connectivity index (χ2v) is 6.28. The molecule has 0 radical (unpaired) electrons. The van der Waals surface area contributed by atoms with Crippen molar-refractivity contribution in [1.29, 1.82) is 0 Å². The summed E-state index contributed by atoms with van der Waals surface area (Å²) in [6, 6.07) is 0.502. The summed E-state index contributed by atoms with van der Waals surface area (Å²) in [5.41, 5.74) is 0. The fraction of sp³-hybridized carbons (Fsp3) is 0.933. The van der Waals surface area contributed by atoms with Gasteiger partial charge < -0.3 is 4.90 Å². The zero-order chi connectivity index (χ0) is 13.3. The lowest BCUT2D eigenvalue weighted by Crippen LogP contribution is -2.47. The third kappa shape index (κ3) is 2.42. The average molecular weight is 252 g/mol. The van der Waals surface area contributed by atoms with Crippen LogP contribution in [0.15, 0.2) is 0 Å². The highest BCUT2D eigenvalue weighted by Gasteiger charge is 2.43. The van der Waals surface area contributed by atoms with Crippen molar-refractivity contribution < 1.29 is 4.79 Å². The molecule has 1 amide bonds. The van der Waals surface area contributed by atoms with Gasteiger partial charge in [-0.1, -0.05) is 40.0 Å². The number of carbonyl (C=O) groups is 1. The summed E-state index contributed by atoms with van der Waals surface area (Å²) in [4.78, 5) is 14.8. The number of amides is 1. The second kappa shape index (κ2) is 5.60. The van der Waals surface area contributed by atoms with E-state index in [2.05, 4.69) is 37.9 Å². The first kappa shape index (κ1) is 13.9. The van der Waals surface area contributed by atoms with Gasteiger partial charge >= 0.3 is 0 Å². The van der Waals surface area contributed by atoms with Crippen molar-refractivity contribution in [3.05, 3.63) is 0 Å². The molecule has 0 aromatic rings. The Balaban J connectivity index is 2.10. The summed E-state index contributed by atoms with van der Waals surface area (Å²) in [7, 11) is 0. The van der Waals surface area contributed by atoms with Crippen molar-refractivity contribution in [3.63, 3.8) is 0 Å². The summed E-state index contributed by atoms with van der Waals surface area (Å²) in [6.45, 7) is 8.79. The molecule has 3 nitrogen and oxygen atoms in total. The Kier molecular flexibility index (Phi) is 4.31. The first-order valence-corrected chi connectivity index (χ1v) is 7.64. The van der Waals surface area contributed by atoms with E-state index in [1.54, 1.807) is 0 Å². The monoisotopic (exact) mass is 252 g/mol. The topological polar surface area (TPSA) is 32.3 Å². The van der Waals surface area contributed by atoms with Gasteiger partial charge in [0.05, 0.1) is 12.2 Å². The average Bonchev–Trinajstić information content (AvgIpc) is 2.65. The van der Waals surface area contributed by atoms with Gasteiger partial charge in [-0.25, -0.2) is 0 Å². The molecule has 0 aromatic carbocycles. The molecule has 1 heterocycles. The first-order chi connectivity index (χ1) is 8.56. The van der Waals surface area contributed by atoms with Crippen LogP contribution in [0.3, 0.4) is 0 Å². The van der Waals surface area contributed by atoms with E-state index >= 15 is 0 Å². The summed E-state index contributed by atoms with van der Waals surface area (Å²) >= 11 is 0. The Labute approximate surface area is 111 Å². The van der Waals surface area contributed by atoms with Crippen LogP contribution in [0, 0.1) is 11.8 Å². The molecule has 5 atom stereocenters. The van der Waals surface area contributed by atoms with Gasteiger partial charge in [0, 0.05) is 6.04 Å². The Morgan fingerprint density at radius 1 is 1.33 bits per heavy atom. The van der Waals surface area contributed by atoms with Crippen molar-refractivity contribution >= 4 is 5.91 Å². The van der Waals surface area contributed by atoms with Crippen LogP contribution in [-0.2, 0) is 4.79 Å². The standard InChI is InChI=1S/C15H28N2O/c1-5-10(2)14-15(18)17(12(4)16-14)13-9-7-6-8-11(13)3/h10-14,16H,5-9H2,1-4H3. The number of nitrogens with one attached hydrogen (secondary N) is 1. The van der Waals surface area contributed by atoms with Crippen molar-refractivity contribution in [2.24, 2.45) is 11.8 Å². The van der Waals surface area contributed by atoms with Crippen LogP contribution in [0.5, 0.6) is 0 Å². The van der Waals surface area contributed by atoms with Crippen molar-refractivity contribution in [2.75, 3.05) is 0 Å². The van der Waals surface area contributed by atoms with Crippen LogP contribution in [0.4, 0.5) is 0 Å². The van der Waals surface area contributed by atoms with Gasteiger partial charge in [0.25, 0.3) is 0 Å². The lowest BCUT2D eigenvalue weighted by molar-refractivity contribution is -0.134. The van der Waals surface area contributed by atoms with Crippen LogP contribution in [0.25, 0.3) is 0 Å². The Morgan fingerprint density at radius 3 is 2.61 bits per heavy atom. The molecular formula is C15H28N2O. The highest BCUT2D eigenvalue weighted by Crippen LogP contribution is 2.32. The van der Waals surface area contributed by atoms with E-state index < -0.39 is 0 Å². The maximum Gasteiger partial charge on any atom is 0.241 e. The van der Waals surface area contributed by atoms with Gasteiger partial charge in [-0.3, -0.25) is 10.1 Å². The van der Waals surface area contributed by atoms with Gasteiger partial charge in [0.15, 0.2) is 0 Å². The van der Waals surface area contributed by atoms with Crippen molar-refractivity contribution in [1.82, 2.24) is 10.2 Å². The summed E-state index contributed by atoms with van der Waals surface area (Å²) in [6.07, 6.45) is 6.34. The summed E-state index contributed by atoms with van der Waals surface area (Å²) in [5, 5.41) is 3.50. The van der Waals surface area contributed by atoms with E-state index in [9.17, 15) is 4.79 Å². The minimum Gasteiger partial charge on any atom is -0.323 e. The quantitative estimate of drug-likeness (QED) is 0.837. The molecule has 1 N–H and O–H groups in total. The van der Waals surface area contributed by atoms with Crippen LogP contribution in [0.1, 0.15) is 59.8 Å². The fourth-order valence-corrected chi connectivity index (χ4v) is 3.57. The minimum atomic E-state index is 0.0409. The second-order valence-electron chi connectivity index (χ2n) is 6.28. The SMILES string of the molecule is CCC(C)C1NC(C)N(C2CCCCC2C)C1=O. The van der Waals surface area contributed by atoms with Gasteiger partial charge in [0.1, 0.15) is 0 Å². The van der Waals surface area contributed by atoms with E-state index in [4.69, 9.17) is 0 Å². The Hall–Kier alpha value is -0.570. The molecule has 5 unspecified atom stereocenters. The lowest BCUT2D eigenvalue weighted by atomic mass is 9.84. The van der Waals surface area contributed by atoms with Gasteiger partial charge in [-0.05, 0) is 31.6 Å². The molecule has 2 fully saturated rings.